The fourth-order valence-electron chi connectivity index (χ4n) is 2.06. The number of rotatable bonds is 4. The molecule has 0 bridgehead atoms. The maximum Gasteiger partial charge on any atom is 0.248 e. The fourth-order valence-corrected chi connectivity index (χ4v) is 3.71. The molecular weight excluding hydrogens is 288 g/mol. The van der Waals surface area contributed by atoms with Crippen molar-refractivity contribution in [3.8, 4) is 0 Å². The summed E-state index contributed by atoms with van der Waals surface area (Å²) in [5, 5.41) is 0. The van der Waals surface area contributed by atoms with Gasteiger partial charge in [-0.15, -0.1) is 0 Å². The average Bonchev–Trinajstić information content (AvgIpc) is 2.41. The Balaban J connectivity index is 2.40. The van der Waals surface area contributed by atoms with Crippen LogP contribution >= 0.6 is 0 Å². The smallest absolute Gasteiger partial charge is 0.248 e. The lowest BCUT2D eigenvalue weighted by Gasteiger charge is -2.09. The van der Waals surface area contributed by atoms with Crippen molar-refractivity contribution in [2.45, 2.75) is 17.6 Å². The minimum absolute atomic E-state index is 0.201. The highest BCUT2D eigenvalue weighted by Crippen LogP contribution is 2.22. The van der Waals surface area contributed by atoms with E-state index in [-0.39, 0.29) is 16.2 Å². The summed E-state index contributed by atoms with van der Waals surface area (Å²) in [6.45, 7) is 1.71. The zero-order valence-corrected chi connectivity index (χ0v) is 12.4. The topological polar surface area (TPSA) is 103 Å². The number of primary amides is 1. The van der Waals surface area contributed by atoms with Crippen molar-refractivity contribution in [1.82, 2.24) is 0 Å². The van der Waals surface area contributed by atoms with Crippen LogP contribution in [0, 0.1) is 6.92 Å². The Morgan fingerprint density at radius 3 is 2.52 bits per heavy atom. The Hall–Kier alpha value is -2.34. The molecule has 1 amide bonds. The number of carbonyl (C=O) groups excluding carboxylic acids is 1. The van der Waals surface area contributed by atoms with Gasteiger partial charge in [0, 0.05) is 11.3 Å². The molecule has 0 saturated heterocycles. The molecule has 0 spiro atoms. The molecule has 2 aromatic carbocycles. The highest BCUT2D eigenvalue weighted by molar-refractivity contribution is 7.90. The molecule has 5 nitrogen and oxygen atoms in total. The Labute approximate surface area is 123 Å². The molecule has 6 heteroatoms. The van der Waals surface area contributed by atoms with Crippen LogP contribution < -0.4 is 11.5 Å². The quantitative estimate of drug-likeness (QED) is 0.838. The van der Waals surface area contributed by atoms with Crippen molar-refractivity contribution in [3.05, 3.63) is 59.2 Å². The van der Waals surface area contributed by atoms with E-state index in [0.717, 1.165) is 0 Å². The van der Waals surface area contributed by atoms with E-state index in [4.69, 9.17) is 11.5 Å². The second-order valence-electron chi connectivity index (χ2n) is 4.85. The van der Waals surface area contributed by atoms with Crippen LogP contribution in [-0.2, 0) is 15.6 Å². The lowest BCUT2D eigenvalue weighted by molar-refractivity contribution is 0.1000. The third-order valence-electron chi connectivity index (χ3n) is 3.12. The summed E-state index contributed by atoms with van der Waals surface area (Å²) >= 11 is 0. The molecule has 2 aromatic rings. The Morgan fingerprint density at radius 1 is 1.14 bits per heavy atom. The molecule has 2 rings (SSSR count). The number of nitrogen functional groups attached to an aromatic ring is 1. The van der Waals surface area contributed by atoms with Crippen LogP contribution in [0.4, 0.5) is 5.69 Å². The summed E-state index contributed by atoms with van der Waals surface area (Å²) in [5.74, 6) is -0.798. The second-order valence-corrected chi connectivity index (χ2v) is 6.81. The third-order valence-corrected chi connectivity index (χ3v) is 4.94. The molecule has 0 heterocycles. The molecule has 0 atom stereocenters. The Morgan fingerprint density at radius 2 is 1.86 bits per heavy atom. The van der Waals surface area contributed by atoms with E-state index in [1.165, 1.54) is 12.1 Å². The number of hydrogen-bond donors (Lipinski definition) is 2. The van der Waals surface area contributed by atoms with Crippen LogP contribution in [0.25, 0.3) is 0 Å². The number of aryl methyl sites for hydroxylation is 1. The van der Waals surface area contributed by atoms with Gasteiger partial charge in [-0.3, -0.25) is 4.79 Å². The number of carbonyl (C=O) groups is 1. The zero-order chi connectivity index (χ0) is 15.6. The molecule has 110 valence electrons. The molecule has 0 aliphatic carbocycles. The second kappa shape index (κ2) is 5.57. The predicted octanol–water partition coefficient (Wildman–Crippen LogP) is 1.65. The number of benzene rings is 2. The number of nitrogens with two attached hydrogens (primary N) is 2. The van der Waals surface area contributed by atoms with Gasteiger partial charge < -0.3 is 11.5 Å². The molecule has 0 unspecified atom stereocenters. The fraction of sp³-hybridized carbons (Fsp3) is 0.133. The van der Waals surface area contributed by atoms with E-state index < -0.39 is 15.7 Å². The van der Waals surface area contributed by atoms with Gasteiger partial charge in [0.15, 0.2) is 9.84 Å². The first-order valence-electron chi connectivity index (χ1n) is 6.27. The van der Waals surface area contributed by atoms with E-state index >= 15 is 0 Å². The van der Waals surface area contributed by atoms with Gasteiger partial charge >= 0.3 is 0 Å². The number of amides is 1. The van der Waals surface area contributed by atoms with E-state index in [2.05, 4.69) is 0 Å². The van der Waals surface area contributed by atoms with Crippen LogP contribution in [0.2, 0.25) is 0 Å². The van der Waals surface area contributed by atoms with Crippen LogP contribution in [0.3, 0.4) is 0 Å². The van der Waals surface area contributed by atoms with Gasteiger partial charge in [0.05, 0.1) is 10.6 Å². The first kappa shape index (κ1) is 15.1. The maximum atomic E-state index is 12.5. The third kappa shape index (κ3) is 3.41. The van der Waals surface area contributed by atoms with Crippen LogP contribution in [-0.4, -0.2) is 14.3 Å². The van der Waals surface area contributed by atoms with Gasteiger partial charge in [0.1, 0.15) is 0 Å². The van der Waals surface area contributed by atoms with Gasteiger partial charge in [-0.1, -0.05) is 18.2 Å². The summed E-state index contributed by atoms with van der Waals surface area (Å²) in [4.78, 5) is 11.3. The summed E-state index contributed by atoms with van der Waals surface area (Å²) in [7, 11) is -3.54. The minimum Gasteiger partial charge on any atom is -0.399 e. The minimum atomic E-state index is -3.54. The highest BCUT2D eigenvalue weighted by Gasteiger charge is 2.18. The first-order chi connectivity index (χ1) is 9.79. The van der Waals surface area contributed by atoms with Crippen LogP contribution in [0.15, 0.2) is 47.4 Å². The number of hydrogen-bond acceptors (Lipinski definition) is 4. The van der Waals surface area contributed by atoms with E-state index in [9.17, 15) is 13.2 Å². The molecule has 0 aliphatic heterocycles. The molecule has 0 aliphatic rings. The lowest BCUT2D eigenvalue weighted by Crippen LogP contribution is -2.12. The molecule has 0 radical (unpaired) electrons. The van der Waals surface area contributed by atoms with Crippen molar-refractivity contribution >= 4 is 21.4 Å². The van der Waals surface area contributed by atoms with Gasteiger partial charge in [-0.05, 0) is 42.3 Å². The molecule has 21 heavy (non-hydrogen) atoms. The van der Waals surface area contributed by atoms with Gasteiger partial charge in [0.25, 0.3) is 0 Å². The van der Waals surface area contributed by atoms with Gasteiger partial charge in [-0.25, -0.2) is 8.42 Å². The molecule has 4 N–H and O–H groups in total. The van der Waals surface area contributed by atoms with E-state index in [1.54, 1.807) is 37.3 Å². The van der Waals surface area contributed by atoms with Crippen LogP contribution in [0.5, 0.6) is 0 Å². The lowest BCUT2D eigenvalue weighted by atomic mass is 10.1. The maximum absolute atomic E-state index is 12.5. The standard InChI is InChI=1S/C15H16N2O3S/c1-10-5-6-13(16)8-14(10)21(19,20)9-11-3-2-4-12(7-11)15(17)18/h2-8H,9,16H2,1H3,(H2,17,18). The SMILES string of the molecule is Cc1ccc(N)cc1S(=O)(=O)Cc1cccc(C(N)=O)c1. The summed E-state index contributed by atoms with van der Waals surface area (Å²) in [6, 6.07) is 11.1. The molecule has 0 aromatic heterocycles. The van der Waals surface area contributed by atoms with E-state index in [0.29, 0.717) is 16.8 Å². The van der Waals surface area contributed by atoms with Crippen LogP contribution in [0.1, 0.15) is 21.5 Å². The van der Waals surface area contributed by atoms with Gasteiger partial charge in [0.2, 0.25) is 5.91 Å². The molecule has 0 fully saturated rings. The summed E-state index contributed by atoms with van der Waals surface area (Å²) in [5.41, 5.74) is 12.7. The molecule has 0 saturated carbocycles. The van der Waals surface area contributed by atoms with Gasteiger partial charge in [-0.2, -0.15) is 0 Å². The number of anilines is 1. The number of sulfone groups is 1. The van der Waals surface area contributed by atoms with Crippen molar-refractivity contribution in [2.75, 3.05) is 5.73 Å². The Kier molecular flexibility index (Phi) is 3.99. The van der Waals surface area contributed by atoms with Crippen molar-refractivity contribution < 1.29 is 13.2 Å². The summed E-state index contributed by atoms with van der Waals surface area (Å²) < 4.78 is 25.0. The van der Waals surface area contributed by atoms with E-state index in [1.807, 2.05) is 0 Å². The normalized spacial score (nSPS) is 11.3. The van der Waals surface area contributed by atoms with Crippen molar-refractivity contribution in [3.63, 3.8) is 0 Å². The molecular formula is C15H16N2O3S. The predicted molar refractivity (Wildman–Crippen MR) is 81.4 cm³/mol. The average molecular weight is 304 g/mol. The Bertz CT molecular complexity index is 798. The zero-order valence-electron chi connectivity index (χ0n) is 11.5. The monoisotopic (exact) mass is 304 g/mol. The van der Waals surface area contributed by atoms with Crippen molar-refractivity contribution in [1.29, 1.82) is 0 Å². The highest BCUT2D eigenvalue weighted by atomic mass is 32.2. The summed E-state index contributed by atoms with van der Waals surface area (Å²) in [6.07, 6.45) is 0. The largest absolute Gasteiger partial charge is 0.399 e. The first-order valence-corrected chi connectivity index (χ1v) is 7.92. The van der Waals surface area contributed by atoms with Crippen molar-refractivity contribution in [2.24, 2.45) is 5.73 Å².